The summed E-state index contributed by atoms with van der Waals surface area (Å²) in [6.07, 6.45) is -1.23. The highest BCUT2D eigenvalue weighted by atomic mass is 16.6. The molecule has 3 atom stereocenters. The maximum absolute atomic E-state index is 11.2. The van der Waals surface area contributed by atoms with E-state index < -0.39 is 18.6 Å². The molecule has 10 nitrogen and oxygen atoms in total. The molecule has 2 aromatic heterocycles. The van der Waals surface area contributed by atoms with E-state index in [4.69, 9.17) is 9.47 Å². The minimum absolute atomic E-state index is 0.0673. The summed E-state index contributed by atoms with van der Waals surface area (Å²) in [5, 5.41) is 21.6. The van der Waals surface area contributed by atoms with Crippen molar-refractivity contribution in [3.63, 3.8) is 0 Å². The summed E-state index contributed by atoms with van der Waals surface area (Å²) in [5.41, 5.74) is 0.748. The van der Waals surface area contributed by atoms with Crippen molar-refractivity contribution in [2.45, 2.75) is 32.0 Å². The standard InChI is InChI=1S/C12H15N5O5/c1-5(18)14-12-15-9-8(10(16-12)21-2)13-4-17(9)7-3-6(19)11(20)22-7/h4,6-7,11,19-20H,3H2,1-2H3,(H,14,15,16,18)/t6-,7+,11-/m0/s1. The molecule has 3 N–H and O–H groups in total. The topological polar surface area (TPSA) is 132 Å². The summed E-state index contributed by atoms with van der Waals surface area (Å²) in [6.45, 7) is 1.34. The zero-order chi connectivity index (χ0) is 15.9. The zero-order valence-electron chi connectivity index (χ0n) is 11.9. The summed E-state index contributed by atoms with van der Waals surface area (Å²) in [6, 6.07) is 0. The minimum Gasteiger partial charge on any atom is -0.479 e. The SMILES string of the molecule is COc1nc(NC(C)=O)nc2c1ncn2[C@H]1C[C@H](O)[C@@H](O)O1. The molecule has 2 aromatic rings. The number of rotatable bonds is 3. The summed E-state index contributed by atoms with van der Waals surface area (Å²) >= 11 is 0. The van der Waals surface area contributed by atoms with Gasteiger partial charge in [0.05, 0.1) is 13.4 Å². The van der Waals surface area contributed by atoms with Crippen LogP contribution in [0.25, 0.3) is 11.2 Å². The first kappa shape index (κ1) is 14.6. The van der Waals surface area contributed by atoms with Gasteiger partial charge in [-0.1, -0.05) is 0 Å². The summed E-state index contributed by atoms with van der Waals surface area (Å²) in [7, 11) is 1.43. The Morgan fingerprint density at radius 3 is 2.86 bits per heavy atom. The van der Waals surface area contributed by atoms with Gasteiger partial charge in [0.1, 0.15) is 12.3 Å². The van der Waals surface area contributed by atoms with Gasteiger partial charge in [-0.15, -0.1) is 0 Å². The summed E-state index contributed by atoms with van der Waals surface area (Å²) < 4.78 is 12.0. The van der Waals surface area contributed by atoms with Crippen LogP contribution >= 0.6 is 0 Å². The molecule has 0 aromatic carbocycles. The number of imidazole rings is 1. The number of anilines is 1. The van der Waals surface area contributed by atoms with Crippen LogP contribution < -0.4 is 10.1 Å². The first-order valence-electron chi connectivity index (χ1n) is 6.57. The average Bonchev–Trinajstić information content (AvgIpc) is 3.01. The van der Waals surface area contributed by atoms with Gasteiger partial charge in [0.25, 0.3) is 0 Å². The van der Waals surface area contributed by atoms with Crippen LogP contribution in [0.1, 0.15) is 19.6 Å². The van der Waals surface area contributed by atoms with Gasteiger partial charge in [-0.05, 0) is 0 Å². The Labute approximate surface area is 124 Å². The van der Waals surface area contributed by atoms with Crippen molar-refractivity contribution in [3.8, 4) is 5.88 Å². The Bertz CT molecular complexity index is 707. The molecule has 0 spiro atoms. The number of aliphatic hydroxyl groups excluding tert-OH is 2. The van der Waals surface area contributed by atoms with Crippen molar-refractivity contribution in [3.05, 3.63) is 6.33 Å². The van der Waals surface area contributed by atoms with Crippen molar-refractivity contribution in [2.75, 3.05) is 12.4 Å². The Balaban J connectivity index is 2.06. The molecular weight excluding hydrogens is 294 g/mol. The maximum atomic E-state index is 11.2. The number of nitrogens with zero attached hydrogens (tertiary/aromatic N) is 4. The second-order valence-electron chi connectivity index (χ2n) is 4.85. The van der Waals surface area contributed by atoms with Crippen LogP contribution in [0.2, 0.25) is 0 Å². The van der Waals surface area contributed by atoms with Gasteiger partial charge < -0.3 is 19.7 Å². The van der Waals surface area contributed by atoms with Crippen molar-refractivity contribution in [2.24, 2.45) is 0 Å². The predicted molar refractivity (Wildman–Crippen MR) is 72.9 cm³/mol. The Kier molecular flexibility index (Phi) is 3.64. The lowest BCUT2D eigenvalue weighted by Gasteiger charge is -2.12. The molecule has 3 rings (SSSR count). The van der Waals surface area contributed by atoms with Crippen LogP contribution in [-0.4, -0.2) is 55.1 Å². The van der Waals surface area contributed by atoms with Crippen LogP contribution in [0.4, 0.5) is 5.95 Å². The van der Waals surface area contributed by atoms with Crippen LogP contribution in [-0.2, 0) is 9.53 Å². The summed E-state index contributed by atoms with van der Waals surface area (Å²) in [4.78, 5) is 23.6. The van der Waals surface area contributed by atoms with Crippen molar-refractivity contribution in [1.29, 1.82) is 0 Å². The van der Waals surface area contributed by atoms with Gasteiger partial charge in [-0.2, -0.15) is 9.97 Å². The van der Waals surface area contributed by atoms with E-state index in [1.54, 1.807) is 4.57 Å². The molecule has 1 aliphatic rings. The van der Waals surface area contributed by atoms with E-state index in [9.17, 15) is 15.0 Å². The van der Waals surface area contributed by atoms with Gasteiger partial charge in [0, 0.05) is 13.3 Å². The second-order valence-corrected chi connectivity index (χ2v) is 4.85. The fourth-order valence-corrected chi connectivity index (χ4v) is 2.27. The molecule has 0 bridgehead atoms. The molecule has 3 heterocycles. The third kappa shape index (κ3) is 2.47. The number of carbonyl (C=O) groups is 1. The maximum Gasteiger partial charge on any atom is 0.246 e. The van der Waals surface area contributed by atoms with E-state index in [0.717, 1.165) is 0 Å². The fourth-order valence-electron chi connectivity index (χ4n) is 2.27. The minimum atomic E-state index is -1.26. The van der Waals surface area contributed by atoms with Crippen LogP contribution in [0.15, 0.2) is 6.33 Å². The number of fused-ring (bicyclic) bond motifs is 1. The van der Waals surface area contributed by atoms with Crippen LogP contribution in [0.3, 0.4) is 0 Å². The van der Waals surface area contributed by atoms with Crippen molar-refractivity contribution >= 4 is 23.0 Å². The number of amides is 1. The van der Waals surface area contributed by atoms with Gasteiger partial charge in [0.15, 0.2) is 17.5 Å². The second kappa shape index (κ2) is 5.48. The number of methoxy groups -OCH3 is 1. The predicted octanol–water partition coefficient (Wildman–Crippen LogP) is -0.609. The molecule has 10 heteroatoms. The molecule has 1 aliphatic heterocycles. The highest BCUT2D eigenvalue weighted by Crippen LogP contribution is 2.31. The Hall–Kier alpha value is -2.30. The average molecular weight is 309 g/mol. The van der Waals surface area contributed by atoms with Crippen molar-refractivity contribution in [1.82, 2.24) is 19.5 Å². The number of hydrogen-bond donors (Lipinski definition) is 3. The molecule has 0 aliphatic carbocycles. The van der Waals surface area contributed by atoms with E-state index in [-0.39, 0.29) is 24.2 Å². The lowest BCUT2D eigenvalue weighted by Crippen LogP contribution is -2.19. The van der Waals surface area contributed by atoms with Gasteiger partial charge in [0.2, 0.25) is 17.7 Å². The first-order chi connectivity index (χ1) is 10.5. The first-order valence-corrected chi connectivity index (χ1v) is 6.57. The largest absolute Gasteiger partial charge is 0.479 e. The smallest absolute Gasteiger partial charge is 0.246 e. The Morgan fingerprint density at radius 2 is 2.27 bits per heavy atom. The highest BCUT2D eigenvalue weighted by Gasteiger charge is 2.34. The number of nitrogens with one attached hydrogen (secondary N) is 1. The van der Waals surface area contributed by atoms with E-state index in [1.807, 2.05) is 0 Å². The van der Waals surface area contributed by atoms with E-state index in [0.29, 0.717) is 11.2 Å². The number of carbonyl (C=O) groups excluding carboxylic acids is 1. The normalized spacial score (nSPS) is 24.6. The monoisotopic (exact) mass is 309 g/mol. The number of ether oxygens (including phenoxy) is 2. The number of hydrogen-bond acceptors (Lipinski definition) is 8. The lowest BCUT2D eigenvalue weighted by atomic mass is 10.2. The number of aromatic nitrogens is 4. The zero-order valence-corrected chi connectivity index (χ0v) is 11.9. The van der Waals surface area contributed by atoms with Crippen LogP contribution in [0.5, 0.6) is 5.88 Å². The molecule has 0 unspecified atom stereocenters. The molecule has 1 amide bonds. The quantitative estimate of drug-likeness (QED) is 0.684. The Morgan fingerprint density at radius 1 is 1.50 bits per heavy atom. The molecule has 22 heavy (non-hydrogen) atoms. The number of aliphatic hydroxyl groups is 2. The van der Waals surface area contributed by atoms with E-state index in [1.165, 1.54) is 20.4 Å². The third-order valence-corrected chi connectivity index (χ3v) is 3.25. The van der Waals surface area contributed by atoms with E-state index >= 15 is 0 Å². The molecule has 1 fully saturated rings. The lowest BCUT2D eigenvalue weighted by molar-refractivity contribution is -0.140. The van der Waals surface area contributed by atoms with Gasteiger partial charge in [-0.3, -0.25) is 14.7 Å². The molecule has 0 saturated carbocycles. The third-order valence-electron chi connectivity index (χ3n) is 3.25. The molecule has 118 valence electrons. The highest BCUT2D eigenvalue weighted by molar-refractivity contribution is 5.88. The fraction of sp³-hybridized carbons (Fsp3) is 0.500. The van der Waals surface area contributed by atoms with Gasteiger partial charge >= 0.3 is 0 Å². The van der Waals surface area contributed by atoms with Crippen molar-refractivity contribution < 1.29 is 24.5 Å². The molecule has 1 saturated heterocycles. The van der Waals surface area contributed by atoms with Gasteiger partial charge in [-0.25, -0.2) is 4.98 Å². The molecular formula is C12H15N5O5. The van der Waals surface area contributed by atoms with E-state index in [2.05, 4.69) is 20.3 Å². The van der Waals surface area contributed by atoms with Crippen LogP contribution in [0, 0.1) is 0 Å². The molecule has 0 radical (unpaired) electrons. The summed E-state index contributed by atoms with van der Waals surface area (Å²) in [5.74, 6) is -0.0558.